The molecular weight excluding hydrogens is 370 g/mol. The Hall–Kier alpha value is -2.67. The van der Waals surface area contributed by atoms with E-state index in [-0.39, 0.29) is 17.2 Å². The molecule has 29 heavy (non-hydrogen) atoms. The number of benzene rings is 1. The lowest BCUT2D eigenvalue weighted by Crippen LogP contribution is -2.34. The van der Waals surface area contributed by atoms with Crippen LogP contribution in [0.5, 0.6) is 0 Å². The molecule has 1 saturated carbocycles. The van der Waals surface area contributed by atoms with Gasteiger partial charge in [-0.2, -0.15) is 0 Å². The largest absolute Gasteiger partial charge is 0.352 e. The van der Waals surface area contributed by atoms with Gasteiger partial charge < -0.3 is 10.6 Å². The topological polar surface area (TPSA) is 108 Å². The highest BCUT2D eigenvalue weighted by molar-refractivity contribution is 5.98. The van der Waals surface area contributed by atoms with Gasteiger partial charge in [0.05, 0.1) is 0 Å². The van der Waals surface area contributed by atoms with Gasteiger partial charge in [0.15, 0.2) is 0 Å². The third kappa shape index (κ3) is 6.42. The monoisotopic (exact) mass is 401 g/mol. The first kappa shape index (κ1) is 22.6. The summed E-state index contributed by atoms with van der Waals surface area (Å²) in [6.07, 6.45) is 7.77. The van der Waals surface area contributed by atoms with Gasteiger partial charge in [0, 0.05) is 29.6 Å². The Morgan fingerprint density at radius 2 is 1.97 bits per heavy atom. The van der Waals surface area contributed by atoms with Crippen LogP contribution in [0.3, 0.4) is 0 Å². The van der Waals surface area contributed by atoms with Gasteiger partial charge in [0.1, 0.15) is 0 Å². The zero-order valence-corrected chi connectivity index (χ0v) is 17.2. The summed E-state index contributed by atoms with van der Waals surface area (Å²) in [5.41, 5.74) is 3.68. The van der Waals surface area contributed by atoms with Crippen molar-refractivity contribution >= 4 is 23.4 Å². The molecule has 3 amide bonds. The average Bonchev–Trinajstić information content (AvgIpc) is 2.71. The molecule has 2 aliphatic rings. The van der Waals surface area contributed by atoms with Gasteiger partial charge in [-0.05, 0) is 48.6 Å². The third-order valence-electron chi connectivity index (χ3n) is 5.46. The molecule has 0 saturated heterocycles. The van der Waals surface area contributed by atoms with Crippen molar-refractivity contribution in [3.8, 4) is 0 Å². The van der Waals surface area contributed by atoms with E-state index in [1.165, 1.54) is 37.6 Å². The Morgan fingerprint density at radius 1 is 1.28 bits per heavy atom. The SMILES string of the molecule is C=CC(=O)NO.CC1(C)CC(=O)Nc2ccc(C(=O)NCC3CCCCC3)cc21. The number of hydroxylamine groups is 1. The lowest BCUT2D eigenvalue weighted by molar-refractivity contribution is -0.124. The van der Waals surface area contributed by atoms with E-state index >= 15 is 0 Å². The van der Waals surface area contributed by atoms with Crippen LogP contribution < -0.4 is 16.1 Å². The van der Waals surface area contributed by atoms with Gasteiger partial charge in [0.2, 0.25) is 5.91 Å². The van der Waals surface area contributed by atoms with Gasteiger partial charge in [-0.15, -0.1) is 0 Å². The summed E-state index contributed by atoms with van der Waals surface area (Å²) in [6.45, 7) is 7.93. The van der Waals surface area contributed by atoms with E-state index in [1.807, 2.05) is 26.0 Å². The normalized spacial score (nSPS) is 17.7. The molecule has 0 aromatic heterocycles. The summed E-state index contributed by atoms with van der Waals surface area (Å²) in [5, 5.41) is 13.6. The zero-order chi connectivity index (χ0) is 21.4. The van der Waals surface area contributed by atoms with Crippen LogP contribution >= 0.6 is 0 Å². The molecule has 0 bridgehead atoms. The molecule has 0 unspecified atom stereocenters. The Labute approximate surface area is 171 Å². The van der Waals surface area contributed by atoms with Crippen LogP contribution in [0, 0.1) is 5.92 Å². The van der Waals surface area contributed by atoms with Crippen molar-refractivity contribution in [1.82, 2.24) is 10.8 Å². The molecule has 1 aliphatic heterocycles. The fourth-order valence-corrected chi connectivity index (χ4v) is 3.82. The van der Waals surface area contributed by atoms with Gasteiger partial charge in [-0.1, -0.05) is 39.7 Å². The summed E-state index contributed by atoms with van der Waals surface area (Å²) < 4.78 is 0. The number of amides is 3. The van der Waals surface area contributed by atoms with E-state index < -0.39 is 5.91 Å². The number of fused-ring (bicyclic) bond motifs is 1. The van der Waals surface area contributed by atoms with Gasteiger partial charge in [-0.25, -0.2) is 5.48 Å². The van der Waals surface area contributed by atoms with E-state index in [0.717, 1.165) is 23.9 Å². The second-order valence-electron chi connectivity index (χ2n) is 8.26. The van der Waals surface area contributed by atoms with E-state index in [1.54, 1.807) is 6.07 Å². The first-order valence-electron chi connectivity index (χ1n) is 10.1. The zero-order valence-electron chi connectivity index (χ0n) is 17.2. The Balaban J connectivity index is 0.000000438. The number of anilines is 1. The molecular formula is C22H31N3O4. The van der Waals surface area contributed by atoms with Crippen molar-refractivity contribution in [2.75, 3.05) is 11.9 Å². The highest BCUT2D eigenvalue weighted by Crippen LogP contribution is 2.37. The van der Waals surface area contributed by atoms with Gasteiger partial charge >= 0.3 is 0 Å². The summed E-state index contributed by atoms with van der Waals surface area (Å²) in [4.78, 5) is 33.9. The Bertz CT molecular complexity index is 767. The van der Waals surface area contributed by atoms with Crippen LogP contribution in [0.1, 0.15) is 68.3 Å². The van der Waals surface area contributed by atoms with Crippen molar-refractivity contribution in [3.05, 3.63) is 42.0 Å². The Kier molecular flexibility index (Phi) is 7.96. The second kappa shape index (κ2) is 10.2. The predicted octanol–water partition coefficient (Wildman–Crippen LogP) is 3.29. The molecule has 0 spiro atoms. The predicted molar refractivity (Wildman–Crippen MR) is 112 cm³/mol. The summed E-state index contributed by atoms with van der Waals surface area (Å²) in [7, 11) is 0. The maximum absolute atomic E-state index is 12.5. The molecule has 4 N–H and O–H groups in total. The molecule has 3 rings (SSSR count). The number of rotatable bonds is 4. The smallest absolute Gasteiger partial charge is 0.266 e. The van der Waals surface area contributed by atoms with E-state index in [4.69, 9.17) is 5.21 Å². The van der Waals surface area contributed by atoms with Crippen LogP contribution in [-0.2, 0) is 15.0 Å². The van der Waals surface area contributed by atoms with Gasteiger partial charge in [-0.3, -0.25) is 19.6 Å². The molecule has 0 atom stereocenters. The fraction of sp³-hybridized carbons (Fsp3) is 0.500. The highest BCUT2D eigenvalue weighted by atomic mass is 16.5. The minimum atomic E-state index is -0.588. The van der Waals surface area contributed by atoms with Crippen molar-refractivity contribution in [2.24, 2.45) is 5.92 Å². The number of carbonyl (C=O) groups is 3. The van der Waals surface area contributed by atoms with Crippen molar-refractivity contribution in [1.29, 1.82) is 0 Å². The van der Waals surface area contributed by atoms with Crippen molar-refractivity contribution < 1.29 is 19.6 Å². The fourth-order valence-electron chi connectivity index (χ4n) is 3.82. The molecule has 158 valence electrons. The molecule has 7 heteroatoms. The average molecular weight is 402 g/mol. The van der Waals surface area contributed by atoms with Gasteiger partial charge in [0.25, 0.3) is 11.8 Å². The third-order valence-corrected chi connectivity index (χ3v) is 5.46. The minimum Gasteiger partial charge on any atom is -0.352 e. The highest BCUT2D eigenvalue weighted by Gasteiger charge is 2.32. The number of nitrogens with one attached hydrogen (secondary N) is 3. The number of hydrogen-bond donors (Lipinski definition) is 4. The second-order valence-corrected chi connectivity index (χ2v) is 8.26. The lowest BCUT2D eigenvalue weighted by atomic mass is 9.77. The quantitative estimate of drug-likeness (QED) is 0.353. The molecule has 1 aromatic carbocycles. The van der Waals surface area contributed by atoms with Crippen LogP contribution in [0.15, 0.2) is 30.9 Å². The molecule has 7 nitrogen and oxygen atoms in total. The van der Waals surface area contributed by atoms with E-state index in [9.17, 15) is 14.4 Å². The van der Waals surface area contributed by atoms with Crippen molar-refractivity contribution in [3.63, 3.8) is 0 Å². The summed E-state index contributed by atoms with van der Waals surface area (Å²) in [6, 6.07) is 5.59. The maximum atomic E-state index is 12.5. The molecule has 0 radical (unpaired) electrons. The first-order chi connectivity index (χ1) is 13.8. The number of carbonyl (C=O) groups excluding carboxylic acids is 3. The molecule has 1 heterocycles. The molecule has 1 fully saturated rings. The summed E-state index contributed by atoms with van der Waals surface area (Å²) in [5.74, 6) is 0.0686. The van der Waals surface area contributed by atoms with Crippen LogP contribution in [0.2, 0.25) is 0 Å². The summed E-state index contributed by atoms with van der Waals surface area (Å²) >= 11 is 0. The Morgan fingerprint density at radius 3 is 2.55 bits per heavy atom. The first-order valence-corrected chi connectivity index (χ1v) is 10.1. The number of hydrogen-bond acceptors (Lipinski definition) is 4. The van der Waals surface area contributed by atoms with Crippen molar-refractivity contribution in [2.45, 2.75) is 57.8 Å². The standard InChI is InChI=1S/C19H26N2O2.C3H5NO2/c1-19(2)11-17(22)21-16-9-8-14(10-15(16)19)18(23)20-12-13-6-4-3-5-7-13;1-2-3(5)4-6/h8-10,13H,3-7,11-12H2,1-2H3,(H,20,23)(H,21,22);2,6H,1H2,(H,4,5). The maximum Gasteiger partial charge on any atom is 0.266 e. The van der Waals surface area contributed by atoms with Crippen LogP contribution in [-0.4, -0.2) is 29.5 Å². The van der Waals surface area contributed by atoms with Crippen LogP contribution in [0.25, 0.3) is 0 Å². The minimum absolute atomic E-state index is 0.00827. The van der Waals surface area contributed by atoms with Crippen LogP contribution in [0.4, 0.5) is 5.69 Å². The molecule has 1 aliphatic carbocycles. The lowest BCUT2D eigenvalue weighted by Gasteiger charge is -2.32. The van der Waals surface area contributed by atoms with E-state index in [0.29, 0.717) is 17.9 Å². The molecule has 1 aromatic rings. The van der Waals surface area contributed by atoms with E-state index in [2.05, 4.69) is 17.2 Å².